The molecule has 0 spiro atoms. The lowest BCUT2D eigenvalue weighted by atomic mass is 10.4. The molecule has 0 aliphatic carbocycles. The number of Topliss-reactive ketones (excluding diaryl/α,β-unsaturated/α-hetero) is 1. The summed E-state index contributed by atoms with van der Waals surface area (Å²) in [5.41, 5.74) is 0. The van der Waals surface area contributed by atoms with Crippen LogP contribution in [0.3, 0.4) is 0 Å². The molecule has 0 aromatic carbocycles. The lowest BCUT2D eigenvalue weighted by Crippen LogP contribution is -2.16. The normalized spacial score (nSPS) is 29.6. The zero-order valence-corrected chi connectivity index (χ0v) is 6.15. The minimum atomic E-state index is -0.489. The van der Waals surface area contributed by atoms with Crippen LogP contribution in [0.2, 0.25) is 0 Å². The first kappa shape index (κ1) is 7.34. The first-order valence-corrected chi connectivity index (χ1v) is 3.70. The van der Waals surface area contributed by atoms with Crippen LogP contribution in [0.1, 0.15) is 0 Å². The van der Waals surface area contributed by atoms with Gasteiger partial charge in [-0.15, -0.1) is 11.6 Å². The molecular formula is C4H6ClNO2S. The van der Waals surface area contributed by atoms with Crippen molar-refractivity contribution in [3.63, 3.8) is 0 Å². The van der Waals surface area contributed by atoms with E-state index in [0.29, 0.717) is 0 Å². The standard InChI is InChI=1S/C4H6ClNO2S/c5-4-3(8)1-6(2-7)9-4/h4,7H,1-2H2. The number of hydrogen-bond acceptors (Lipinski definition) is 4. The highest BCUT2D eigenvalue weighted by Gasteiger charge is 2.29. The van der Waals surface area contributed by atoms with Crippen LogP contribution >= 0.6 is 23.5 Å². The second-order valence-electron chi connectivity index (χ2n) is 1.67. The van der Waals surface area contributed by atoms with Crippen molar-refractivity contribution in [2.45, 2.75) is 4.71 Å². The van der Waals surface area contributed by atoms with E-state index in [4.69, 9.17) is 16.7 Å². The van der Waals surface area contributed by atoms with Crippen LogP contribution in [0, 0.1) is 0 Å². The van der Waals surface area contributed by atoms with Crippen LogP contribution in [-0.2, 0) is 4.79 Å². The third-order valence-electron chi connectivity index (χ3n) is 0.985. The van der Waals surface area contributed by atoms with Crippen molar-refractivity contribution in [3.05, 3.63) is 0 Å². The van der Waals surface area contributed by atoms with Crippen LogP contribution in [0.25, 0.3) is 0 Å². The van der Waals surface area contributed by atoms with Crippen LogP contribution in [0.15, 0.2) is 0 Å². The van der Waals surface area contributed by atoms with Gasteiger partial charge in [-0.05, 0) is 11.9 Å². The quantitative estimate of drug-likeness (QED) is 0.442. The van der Waals surface area contributed by atoms with E-state index < -0.39 is 4.71 Å². The summed E-state index contributed by atoms with van der Waals surface area (Å²) in [6.45, 7) is 0.148. The molecule has 1 rings (SSSR count). The van der Waals surface area contributed by atoms with E-state index in [-0.39, 0.29) is 19.1 Å². The van der Waals surface area contributed by atoms with Crippen molar-refractivity contribution in [2.75, 3.05) is 13.3 Å². The number of carbonyl (C=O) groups is 1. The Morgan fingerprint density at radius 2 is 2.67 bits per heavy atom. The fourth-order valence-corrected chi connectivity index (χ4v) is 1.69. The molecule has 0 amide bonds. The lowest BCUT2D eigenvalue weighted by Gasteiger charge is -2.05. The fourth-order valence-electron chi connectivity index (χ4n) is 0.556. The first-order valence-electron chi connectivity index (χ1n) is 2.43. The van der Waals surface area contributed by atoms with E-state index in [1.54, 1.807) is 0 Å². The van der Waals surface area contributed by atoms with Gasteiger partial charge in [0.1, 0.15) is 6.73 Å². The monoisotopic (exact) mass is 167 g/mol. The minimum absolute atomic E-state index is 0.0317. The third kappa shape index (κ3) is 1.58. The Kier molecular flexibility index (Phi) is 2.35. The summed E-state index contributed by atoms with van der Waals surface area (Å²) in [6, 6.07) is 0. The molecule has 1 atom stereocenters. The van der Waals surface area contributed by atoms with Gasteiger partial charge in [0, 0.05) is 0 Å². The lowest BCUT2D eigenvalue weighted by molar-refractivity contribution is -0.116. The summed E-state index contributed by atoms with van der Waals surface area (Å²) in [6.07, 6.45) is 0. The molecule has 52 valence electrons. The van der Waals surface area contributed by atoms with Gasteiger partial charge in [-0.3, -0.25) is 4.79 Å². The number of hydrogen-bond donors (Lipinski definition) is 1. The maximum Gasteiger partial charge on any atom is 0.177 e. The topological polar surface area (TPSA) is 40.5 Å². The average Bonchev–Trinajstić information content (AvgIpc) is 2.13. The second kappa shape index (κ2) is 2.88. The van der Waals surface area contributed by atoms with Gasteiger partial charge in [-0.25, -0.2) is 4.31 Å². The number of ketones is 1. The van der Waals surface area contributed by atoms with Gasteiger partial charge in [0.15, 0.2) is 10.5 Å². The number of carbonyl (C=O) groups excluding carboxylic acids is 1. The predicted octanol–water partition coefficient (Wildman–Crippen LogP) is 0.0340. The number of aliphatic hydroxyl groups is 1. The molecule has 0 bridgehead atoms. The molecule has 3 nitrogen and oxygen atoms in total. The van der Waals surface area contributed by atoms with Crippen molar-refractivity contribution in [3.8, 4) is 0 Å². The van der Waals surface area contributed by atoms with Gasteiger partial charge in [0.05, 0.1) is 6.54 Å². The van der Waals surface area contributed by atoms with Crippen molar-refractivity contribution in [1.82, 2.24) is 4.31 Å². The van der Waals surface area contributed by atoms with E-state index in [2.05, 4.69) is 0 Å². The van der Waals surface area contributed by atoms with E-state index >= 15 is 0 Å². The van der Waals surface area contributed by atoms with Crippen molar-refractivity contribution < 1.29 is 9.90 Å². The highest BCUT2D eigenvalue weighted by atomic mass is 35.5. The molecule has 0 aromatic rings. The Balaban J connectivity index is 2.44. The summed E-state index contributed by atoms with van der Waals surface area (Å²) in [5.74, 6) is -0.0317. The average molecular weight is 168 g/mol. The molecule has 1 heterocycles. The van der Waals surface area contributed by atoms with Gasteiger partial charge in [0.25, 0.3) is 0 Å². The summed E-state index contributed by atoms with van der Waals surface area (Å²) >= 11 is 6.67. The van der Waals surface area contributed by atoms with Crippen molar-refractivity contribution in [1.29, 1.82) is 0 Å². The van der Waals surface area contributed by atoms with Gasteiger partial charge in [0.2, 0.25) is 0 Å². The van der Waals surface area contributed by atoms with Crippen molar-refractivity contribution >= 4 is 29.3 Å². The molecule has 1 saturated heterocycles. The largest absolute Gasteiger partial charge is 0.380 e. The second-order valence-corrected chi connectivity index (χ2v) is 3.56. The zero-order chi connectivity index (χ0) is 6.85. The first-order chi connectivity index (χ1) is 4.24. The summed E-state index contributed by atoms with van der Waals surface area (Å²) in [7, 11) is 0. The van der Waals surface area contributed by atoms with E-state index in [1.165, 1.54) is 16.3 Å². The molecule has 1 fully saturated rings. The molecule has 0 radical (unpaired) electrons. The molecule has 1 unspecified atom stereocenters. The summed E-state index contributed by atoms with van der Waals surface area (Å²) in [4.78, 5) is 10.6. The van der Waals surface area contributed by atoms with Gasteiger partial charge in [-0.1, -0.05) is 0 Å². The molecule has 0 saturated carbocycles. The molecule has 1 aliphatic rings. The number of aliphatic hydroxyl groups excluding tert-OH is 1. The van der Waals surface area contributed by atoms with Gasteiger partial charge >= 0.3 is 0 Å². The number of alkyl halides is 1. The van der Waals surface area contributed by atoms with Crippen LogP contribution < -0.4 is 0 Å². The van der Waals surface area contributed by atoms with Crippen molar-refractivity contribution in [2.24, 2.45) is 0 Å². The number of halogens is 1. The Morgan fingerprint density at radius 1 is 2.00 bits per heavy atom. The van der Waals surface area contributed by atoms with Gasteiger partial charge < -0.3 is 5.11 Å². The Labute approximate surface area is 62.1 Å². The van der Waals surface area contributed by atoms with Crippen LogP contribution in [0.5, 0.6) is 0 Å². The molecular weight excluding hydrogens is 162 g/mol. The Bertz CT molecular complexity index is 132. The summed E-state index contributed by atoms with van der Waals surface area (Å²) in [5, 5.41) is 8.50. The van der Waals surface area contributed by atoms with Crippen LogP contribution in [0.4, 0.5) is 0 Å². The highest BCUT2D eigenvalue weighted by molar-refractivity contribution is 8.00. The number of rotatable bonds is 1. The maximum atomic E-state index is 10.6. The van der Waals surface area contributed by atoms with E-state index in [0.717, 1.165) is 0 Å². The smallest absolute Gasteiger partial charge is 0.177 e. The van der Waals surface area contributed by atoms with Crippen LogP contribution in [-0.4, -0.2) is 33.2 Å². The molecule has 1 N–H and O–H groups in total. The minimum Gasteiger partial charge on any atom is -0.380 e. The van der Waals surface area contributed by atoms with Gasteiger partial charge in [-0.2, -0.15) is 0 Å². The SMILES string of the molecule is O=C1CN(CO)SC1Cl. The Morgan fingerprint density at radius 3 is 2.89 bits per heavy atom. The van der Waals surface area contributed by atoms with E-state index in [1.807, 2.05) is 0 Å². The zero-order valence-electron chi connectivity index (χ0n) is 4.58. The maximum absolute atomic E-state index is 10.6. The van der Waals surface area contributed by atoms with E-state index in [9.17, 15) is 4.79 Å². The number of nitrogens with zero attached hydrogens (tertiary/aromatic N) is 1. The summed E-state index contributed by atoms with van der Waals surface area (Å²) < 4.78 is 1.03. The predicted molar refractivity (Wildman–Crippen MR) is 36.0 cm³/mol. The molecule has 5 heteroatoms. The molecule has 0 aromatic heterocycles. The Hall–Kier alpha value is 0.230. The fraction of sp³-hybridized carbons (Fsp3) is 0.750. The molecule has 1 aliphatic heterocycles. The third-order valence-corrected chi connectivity index (χ3v) is 2.46. The highest BCUT2D eigenvalue weighted by Crippen LogP contribution is 2.27. The molecule has 9 heavy (non-hydrogen) atoms.